The summed E-state index contributed by atoms with van der Waals surface area (Å²) in [5, 5.41) is -0.271. The van der Waals surface area contributed by atoms with E-state index >= 15 is 0 Å². The molecule has 2 aliphatic rings. The highest BCUT2D eigenvalue weighted by molar-refractivity contribution is 8.34. The zero-order valence-corrected chi connectivity index (χ0v) is 32.7. The molecule has 7 aromatic rings. The van der Waals surface area contributed by atoms with E-state index in [0.29, 0.717) is 31.4 Å². The average Bonchev–Trinajstić information content (AvgIpc) is 3.96. The molecule has 2 aromatic carbocycles. The largest absolute Gasteiger partial charge is 0.291 e. The third-order valence-corrected chi connectivity index (χ3v) is 16.5. The molecule has 51 heavy (non-hydrogen) atoms. The maximum atomic E-state index is 13.6. The quantitative estimate of drug-likeness (QED) is 0.121. The lowest BCUT2D eigenvalue weighted by molar-refractivity contribution is -0.108. The first-order chi connectivity index (χ1) is 24.7. The average molecular weight is 835 g/mol. The number of fused-ring (bicyclic) bond motifs is 3. The van der Waals surface area contributed by atoms with E-state index in [1.54, 1.807) is 90.7 Å². The lowest BCUT2D eigenvalue weighted by Crippen LogP contribution is -2.20. The molecule has 2 saturated heterocycles. The Bertz CT molecular complexity index is 2480. The third kappa shape index (κ3) is 6.17. The highest BCUT2D eigenvalue weighted by Gasteiger charge is 2.34. The molecular formula is C36H16F2N2O2S9. The van der Waals surface area contributed by atoms with Crippen molar-refractivity contribution in [2.75, 3.05) is 9.80 Å². The van der Waals surface area contributed by atoms with Crippen LogP contribution < -0.4 is 9.80 Å². The van der Waals surface area contributed by atoms with Gasteiger partial charge in [0.1, 0.15) is 23.0 Å². The highest BCUT2D eigenvalue weighted by atomic mass is 32.2. The van der Waals surface area contributed by atoms with Gasteiger partial charge in [-0.25, -0.2) is 8.78 Å². The van der Waals surface area contributed by atoms with Crippen LogP contribution in [0.5, 0.6) is 0 Å². The zero-order chi connectivity index (χ0) is 35.0. The summed E-state index contributed by atoms with van der Waals surface area (Å²) >= 11 is 21.5. The van der Waals surface area contributed by atoms with Crippen LogP contribution in [0.2, 0.25) is 0 Å². The number of benzene rings is 2. The first kappa shape index (κ1) is 33.5. The number of hydrogen-bond donors (Lipinski definition) is 0. The van der Waals surface area contributed by atoms with Gasteiger partial charge in [0.15, 0.2) is 8.64 Å². The summed E-state index contributed by atoms with van der Waals surface area (Å²) in [6.07, 6.45) is 3.71. The predicted octanol–water partition coefficient (Wildman–Crippen LogP) is 12.7. The molecule has 0 spiro atoms. The van der Waals surface area contributed by atoms with Gasteiger partial charge in [-0.05, 0) is 121 Å². The fraction of sp³-hybridized carbons (Fsp3) is 0. The number of rotatable bonds is 6. The molecule has 0 radical (unpaired) electrons. The molecule has 0 bridgehead atoms. The third-order valence-electron chi connectivity index (χ3n) is 7.91. The molecule has 5 aromatic heterocycles. The minimum Gasteiger partial charge on any atom is -0.291 e. The number of thiophene rings is 5. The number of carbonyl (C=O) groups excluding carboxylic acids is 2. The fourth-order valence-corrected chi connectivity index (χ4v) is 14.0. The molecule has 15 heteroatoms. The molecule has 4 nitrogen and oxygen atoms in total. The Kier molecular flexibility index (Phi) is 8.68. The summed E-state index contributed by atoms with van der Waals surface area (Å²) in [5.41, 5.74) is 2.22. The van der Waals surface area contributed by atoms with Crippen molar-refractivity contribution in [3.63, 3.8) is 0 Å². The van der Waals surface area contributed by atoms with Crippen LogP contribution in [0.3, 0.4) is 0 Å². The minimum atomic E-state index is -0.350. The summed E-state index contributed by atoms with van der Waals surface area (Å²) in [6, 6.07) is 24.6. The van der Waals surface area contributed by atoms with Gasteiger partial charge in [-0.2, -0.15) is 0 Å². The molecule has 7 heterocycles. The van der Waals surface area contributed by atoms with Crippen LogP contribution in [0.1, 0.15) is 9.75 Å². The van der Waals surface area contributed by atoms with E-state index in [1.165, 1.54) is 43.1 Å². The van der Waals surface area contributed by atoms with Gasteiger partial charge in [0, 0.05) is 50.0 Å². The Morgan fingerprint density at radius 3 is 1.33 bits per heavy atom. The van der Waals surface area contributed by atoms with Crippen molar-refractivity contribution in [1.82, 2.24) is 0 Å². The summed E-state index contributed by atoms with van der Waals surface area (Å²) in [6.45, 7) is 0. The number of hydrogen-bond acceptors (Lipinski definition) is 11. The van der Waals surface area contributed by atoms with E-state index < -0.39 is 0 Å². The summed E-state index contributed by atoms with van der Waals surface area (Å²) in [5.74, 6) is -0.699. The molecule has 0 N–H and O–H groups in total. The van der Waals surface area contributed by atoms with E-state index in [-0.39, 0.29) is 21.9 Å². The fourth-order valence-electron chi connectivity index (χ4n) is 5.62. The SMILES string of the molecule is O=C1SC(=S)N(c2ccc(F)cc2)/C1=C/c1ccc(-c2cc3sc4cc(-c5ccc(/C=C6\C(=O)SC(=S)N6c6ccc(F)cc6)s5)sc4c3s2)s1. The standard InChI is InChI=1S/C36H16F2N2O2S9/c37-17-1-5-19(6-2-17)39-23(33(41)50-35(39)43)13-21-9-11-25(45-21)27-15-29-31(48-27)32-30(47-29)16-28(49-32)26-12-10-22(46-26)14-24-34(42)51-36(44)40(24)20-7-3-18(38)4-8-20/h1-16H/b23-13+,24-14+. The molecule has 2 fully saturated rings. The molecule has 0 aliphatic carbocycles. The molecule has 0 unspecified atom stereocenters. The van der Waals surface area contributed by atoms with Crippen LogP contribution in [0, 0.1) is 11.6 Å². The first-order valence-corrected chi connectivity index (χ1v) is 21.4. The van der Waals surface area contributed by atoms with Gasteiger partial charge in [-0.15, -0.1) is 56.7 Å². The van der Waals surface area contributed by atoms with Crippen molar-refractivity contribution in [1.29, 1.82) is 0 Å². The van der Waals surface area contributed by atoms with Gasteiger partial charge >= 0.3 is 0 Å². The number of anilines is 2. The summed E-state index contributed by atoms with van der Waals surface area (Å²) in [4.78, 5) is 35.5. The molecular weight excluding hydrogens is 819 g/mol. The van der Waals surface area contributed by atoms with Crippen LogP contribution >= 0.6 is 105 Å². The van der Waals surface area contributed by atoms with E-state index in [0.717, 1.165) is 52.8 Å². The number of halogens is 2. The zero-order valence-electron chi connectivity index (χ0n) is 25.4. The number of thiocarbonyl (C=S) groups is 2. The van der Waals surface area contributed by atoms with Crippen molar-refractivity contribution in [2.45, 2.75) is 0 Å². The molecule has 0 saturated carbocycles. The van der Waals surface area contributed by atoms with Crippen LogP contribution in [0.4, 0.5) is 20.2 Å². The topological polar surface area (TPSA) is 40.6 Å². The Balaban J connectivity index is 0.981. The Morgan fingerprint density at radius 1 is 0.510 bits per heavy atom. The van der Waals surface area contributed by atoms with E-state index in [9.17, 15) is 18.4 Å². The summed E-state index contributed by atoms with van der Waals surface area (Å²) in [7, 11) is 0. The van der Waals surface area contributed by atoms with Gasteiger partial charge in [0.2, 0.25) is 10.2 Å². The first-order valence-electron chi connectivity index (χ1n) is 14.9. The highest BCUT2D eigenvalue weighted by Crippen LogP contribution is 2.50. The van der Waals surface area contributed by atoms with Crippen molar-refractivity contribution < 1.29 is 18.4 Å². The molecule has 0 atom stereocenters. The molecule has 250 valence electrons. The van der Waals surface area contributed by atoms with E-state index in [4.69, 9.17) is 24.4 Å². The maximum Gasteiger partial charge on any atom is 0.243 e. The van der Waals surface area contributed by atoms with Crippen molar-refractivity contribution in [3.8, 4) is 19.5 Å². The second-order valence-electron chi connectivity index (χ2n) is 11.1. The van der Waals surface area contributed by atoms with Gasteiger partial charge < -0.3 is 0 Å². The normalized spacial score (nSPS) is 16.8. The van der Waals surface area contributed by atoms with Gasteiger partial charge in [0.25, 0.3) is 0 Å². The monoisotopic (exact) mass is 834 g/mol. The van der Waals surface area contributed by atoms with Gasteiger partial charge in [0.05, 0.1) is 9.40 Å². The van der Waals surface area contributed by atoms with Crippen LogP contribution in [0.15, 0.2) is 96.3 Å². The number of thioether (sulfide) groups is 2. The lowest BCUT2D eigenvalue weighted by Gasteiger charge is -2.17. The lowest BCUT2D eigenvalue weighted by atomic mass is 10.2. The number of carbonyl (C=O) groups is 2. The smallest absolute Gasteiger partial charge is 0.243 e. The van der Waals surface area contributed by atoms with E-state index in [2.05, 4.69) is 24.3 Å². The number of nitrogens with zero attached hydrogens (tertiary/aromatic N) is 2. The van der Waals surface area contributed by atoms with Crippen molar-refractivity contribution in [2.24, 2.45) is 0 Å². The Morgan fingerprint density at radius 2 is 0.922 bits per heavy atom. The Hall–Kier alpha value is -3.38. The van der Waals surface area contributed by atoms with Crippen molar-refractivity contribution in [3.05, 3.63) is 118 Å². The summed E-state index contributed by atoms with van der Waals surface area (Å²) < 4.78 is 32.9. The van der Waals surface area contributed by atoms with Crippen LogP contribution in [0.25, 0.3) is 50.5 Å². The molecule has 9 rings (SSSR count). The maximum absolute atomic E-state index is 13.6. The second-order valence-corrected chi connectivity index (χ2v) is 19.7. The minimum absolute atomic E-state index is 0.136. The van der Waals surface area contributed by atoms with E-state index in [1.807, 2.05) is 24.3 Å². The molecule has 2 aliphatic heterocycles. The van der Waals surface area contributed by atoms with Gasteiger partial charge in [-0.1, -0.05) is 24.4 Å². The second kappa shape index (κ2) is 13.2. The van der Waals surface area contributed by atoms with Crippen LogP contribution in [-0.4, -0.2) is 18.9 Å². The molecule has 0 amide bonds. The van der Waals surface area contributed by atoms with Crippen LogP contribution in [-0.2, 0) is 9.59 Å². The van der Waals surface area contributed by atoms with Crippen molar-refractivity contribution >= 4 is 166 Å². The predicted molar refractivity (Wildman–Crippen MR) is 226 cm³/mol. The van der Waals surface area contributed by atoms with Gasteiger partial charge in [-0.3, -0.25) is 19.4 Å². The Labute approximate surface area is 328 Å².